The van der Waals surface area contributed by atoms with Crippen LogP contribution in [0, 0.1) is 0 Å². The molecule has 15 heteroatoms. The van der Waals surface area contributed by atoms with Crippen LogP contribution < -0.4 is 5.73 Å². The first-order chi connectivity index (χ1) is 13.1. The molecule has 0 radical (unpaired) electrons. The highest BCUT2D eigenvalue weighted by atomic mass is 32.3. The van der Waals surface area contributed by atoms with Gasteiger partial charge in [0.05, 0.1) is 0 Å². The number of sulfonamides is 2. The van der Waals surface area contributed by atoms with E-state index in [9.17, 15) is 48.0 Å². The van der Waals surface area contributed by atoms with Crippen LogP contribution in [-0.4, -0.2) is 44.0 Å². The van der Waals surface area contributed by atoms with E-state index in [1.165, 1.54) is 0 Å². The summed E-state index contributed by atoms with van der Waals surface area (Å²) in [6.45, 7) is 0.596. The van der Waals surface area contributed by atoms with Crippen molar-refractivity contribution < 1.29 is 48.0 Å². The molecule has 0 aromatic carbocycles. The van der Waals surface area contributed by atoms with Gasteiger partial charge in [-0.05, 0) is 19.4 Å². The lowest BCUT2D eigenvalue weighted by molar-refractivity contribution is -0.125. The fraction of sp³-hybridized carbons (Fsp3) is 0.929. The number of amides is 1. The summed E-state index contributed by atoms with van der Waals surface area (Å²) in [5.74, 6) is -2.30. The van der Waals surface area contributed by atoms with Crippen molar-refractivity contribution in [2.24, 2.45) is 5.73 Å². The van der Waals surface area contributed by atoms with Crippen molar-refractivity contribution in [2.45, 2.75) is 75.2 Å². The molecule has 0 fully saturated rings. The molecule has 0 spiro atoms. The van der Waals surface area contributed by atoms with Gasteiger partial charge in [-0.2, -0.15) is 43.2 Å². The molecule has 0 aromatic heterocycles. The molecular weight excluding hydrogens is 454 g/mol. The number of halogens is 6. The van der Waals surface area contributed by atoms with E-state index in [1.807, 2.05) is 0 Å². The zero-order valence-corrected chi connectivity index (χ0v) is 17.1. The Kier molecular flexibility index (Phi) is 10.9. The maximum absolute atomic E-state index is 12.6. The van der Waals surface area contributed by atoms with Crippen LogP contribution in [0.25, 0.3) is 0 Å². The van der Waals surface area contributed by atoms with Gasteiger partial charge >= 0.3 is 31.1 Å². The third-order valence-electron chi connectivity index (χ3n) is 3.82. The van der Waals surface area contributed by atoms with E-state index in [0.29, 0.717) is 19.4 Å². The topological polar surface area (TPSA) is 115 Å². The summed E-state index contributed by atoms with van der Waals surface area (Å²) in [4.78, 5) is 11.7. The molecule has 0 unspecified atom stereocenters. The number of carbonyl (C=O) groups excluding carboxylic acids is 1. The Hall–Kier alpha value is -1.09. The monoisotopic (exact) mass is 478 g/mol. The average molecular weight is 478 g/mol. The standard InChI is InChI=1S/C14H24F6N2O5S2/c15-13(16,17)28(24,25)22(29(26,27)14(18,19)20)12(23)10-8-6-4-2-1-3-5-7-9-11-21/h1-11,21H2. The van der Waals surface area contributed by atoms with Gasteiger partial charge in [-0.15, -0.1) is 3.71 Å². The van der Waals surface area contributed by atoms with Crippen molar-refractivity contribution in [2.75, 3.05) is 6.54 Å². The number of carbonyl (C=O) groups is 1. The van der Waals surface area contributed by atoms with Gasteiger partial charge in [-0.1, -0.05) is 44.9 Å². The fourth-order valence-corrected chi connectivity index (χ4v) is 4.97. The Morgan fingerprint density at radius 3 is 1.28 bits per heavy atom. The first-order valence-corrected chi connectivity index (χ1v) is 11.6. The van der Waals surface area contributed by atoms with E-state index >= 15 is 0 Å². The van der Waals surface area contributed by atoms with Gasteiger partial charge in [0.2, 0.25) is 0 Å². The highest BCUT2D eigenvalue weighted by Crippen LogP contribution is 2.35. The second-order valence-electron chi connectivity index (χ2n) is 6.21. The van der Waals surface area contributed by atoms with Crippen LogP contribution in [0.3, 0.4) is 0 Å². The van der Waals surface area contributed by atoms with Crippen LogP contribution in [0.2, 0.25) is 0 Å². The van der Waals surface area contributed by atoms with Crippen molar-refractivity contribution in [1.82, 2.24) is 3.71 Å². The summed E-state index contributed by atoms with van der Waals surface area (Å²) in [6, 6.07) is 0. The number of nitrogens with two attached hydrogens (primary N) is 1. The number of unbranched alkanes of at least 4 members (excludes halogenated alkanes) is 8. The summed E-state index contributed by atoms with van der Waals surface area (Å²) >= 11 is 0. The molecule has 0 aliphatic rings. The third-order valence-corrected chi connectivity index (χ3v) is 7.45. The Labute approximate surface area is 165 Å². The Morgan fingerprint density at radius 1 is 0.655 bits per heavy atom. The molecule has 2 N–H and O–H groups in total. The summed E-state index contributed by atoms with van der Waals surface area (Å²) in [7, 11) is -14.1. The van der Waals surface area contributed by atoms with Gasteiger partial charge in [0.15, 0.2) is 0 Å². The van der Waals surface area contributed by atoms with Crippen molar-refractivity contribution in [3.05, 3.63) is 0 Å². The van der Waals surface area contributed by atoms with Crippen LogP contribution in [0.1, 0.15) is 64.2 Å². The molecule has 0 aromatic rings. The lowest BCUT2D eigenvalue weighted by Crippen LogP contribution is -2.51. The van der Waals surface area contributed by atoms with Gasteiger partial charge in [0.1, 0.15) is 0 Å². The van der Waals surface area contributed by atoms with Gasteiger partial charge in [0, 0.05) is 6.42 Å². The zero-order valence-electron chi connectivity index (χ0n) is 15.4. The highest BCUT2D eigenvalue weighted by Gasteiger charge is 2.63. The van der Waals surface area contributed by atoms with E-state index in [4.69, 9.17) is 5.73 Å². The minimum Gasteiger partial charge on any atom is -0.330 e. The lowest BCUT2D eigenvalue weighted by Gasteiger charge is -2.23. The Bertz CT molecular complexity index is 676. The molecule has 0 aliphatic heterocycles. The molecule has 0 aliphatic carbocycles. The molecular formula is C14H24F6N2O5S2. The van der Waals surface area contributed by atoms with Gasteiger partial charge in [0.25, 0.3) is 5.91 Å². The number of alkyl halides is 6. The van der Waals surface area contributed by atoms with Gasteiger partial charge in [-0.25, -0.2) is 0 Å². The largest absolute Gasteiger partial charge is 0.517 e. The molecule has 0 bridgehead atoms. The van der Waals surface area contributed by atoms with Crippen LogP contribution >= 0.6 is 0 Å². The van der Waals surface area contributed by atoms with Crippen LogP contribution in [0.15, 0.2) is 0 Å². The Balaban J connectivity index is 4.87. The molecule has 0 saturated heterocycles. The summed E-state index contributed by atoms with van der Waals surface area (Å²) in [6.07, 6.45) is 4.64. The summed E-state index contributed by atoms with van der Waals surface area (Å²) < 4.78 is 118. The average Bonchev–Trinajstić information content (AvgIpc) is 2.54. The first kappa shape index (κ1) is 27.9. The number of nitrogens with zero attached hydrogens (tertiary/aromatic N) is 1. The van der Waals surface area contributed by atoms with Gasteiger partial charge in [-0.3, -0.25) is 4.79 Å². The summed E-state index contributed by atoms with van der Waals surface area (Å²) in [5.41, 5.74) is -7.46. The van der Waals surface area contributed by atoms with Crippen LogP contribution in [0.5, 0.6) is 0 Å². The minimum atomic E-state index is -7.07. The van der Waals surface area contributed by atoms with Crippen molar-refractivity contribution in [3.63, 3.8) is 0 Å². The number of rotatable bonds is 13. The van der Waals surface area contributed by atoms with Crippen LogP contribution in [-0.2, 0) is 24.8 Å². The van der Waals surface area contributed by atoms with E-state index in [1.54, 1.807) is 0 Å². The molecule has 1 amide bonds. The fourth-order valence-electron chi connectivity index (χ4n) is 2.33. The normalized spacial score (nSPS) is 13.5. The maximum Gasteiger partial charge on any atom is 0.517 e. The third kappa shape index (κ3) is 8.28. The molecule has 0 saturated carbocycles. The molecule has 0 rings (SSSR count). The van der Waals surface area contributed by atoms with Crippen LogP contribution in [0.4, 0.5) is 26.3 Å². The molecule has 0 atom stereocenters. The second kappa shape index (κ2) is 11.3. The summed E-state index contributed by atoms with van der Waals surface area (Å²) in [5, 5.41) is 0. The molecule has 174 valence electrons. The van der Waals surface area contributed by atoms with E-state index < -0.39 is 47.1 Å². The number of hydrogen-bond acceptors (Lipinski definition) is 6. The quantitative estimate of drug-likeness (QED) is 0.321. The maximum atomic E-state index is 12.6. The lowest BCUT2D eigenvalue weighted by atomic mass is 10.1. The number of hydrogen-bond donors (Lipinski definition) is 1. The van der Waals surface area contributed by atoms with E-state index in [-0.39, 0.29) is 12.8 Å². The predicted octanol–water partition coefficient (Wildman–Crippen LogP) is 3.37. The Morgan fingerprint density at radius 2 is 0.966 bits per heavy atom. The van der Waals surface area contributed by atoms with Crippen molar-refractivity contribution in [3.8, 4) is 0 Å². The zero-order chi connectivity index (χ0) is 22.9. The van der Waals surface area contributed by atoms with Crippen molar-refractivity contribution in [1.29, 1.82) is 0 Å². The second-order valence-corrected chi connectivity index (χ2v) is 10.0. The van der Waals surface area contributed by atoms with Gasteiger partial charge < -0.3 is 5.73 Å². The minimum absolute atomic E-state index is 0.209. The molecule has 0 heterocycles. The molecule has 29 heavy (non-hydrogen) atoms. The highest BCUT2D eigenvalue weighted by molar-refractivity contribution is 8.05. The SMILES string of the molecule is NCCCCCCCCCCCC(=O)N(S(=O)(=O)C(F)(F)F)S(=O)(=O)C(F)(F)F. The molecule has 7 nitrogen and oxygen atoms in total. The predicted molar refractivity (Wildman–Crippen MR) is 92.0 cm³/mol. The van der Waals surface area contributed by atoms with E-state index in [0.717, 1.165) is 32.1 Å². The first-order valence-electron chi connectivity index (χ1n) is 8.76. The smallest absolute Gasteiger partial charge is 0.330 e. The van der Waals surface area contributed by atoms with E-state index in [2.05, 4.69) is 0 Å². The van der Waals surface area contributed by atoms with Crippen molar-refractivity contribution >= 4 is 26.0 Å².